The molecule has 152 valence electrons. The van der Waals surface area contributed by atoms with E-state index in [9.17, 15) is 9.59 Å². The SMILES string of the molecule is CCC1C(=O)OCCOCCOCCOCCOCCOCCOC1=O. The second-order valence-corrected chi connectivity index (χ2v) is 5.36. The summed E-state index contributed by atoms with van der Waals surface area (Å²) < 4.78 is 36.7. The second-order valence-electron chi connectivity index (χ2n) is 5.36. The number of esters is 2. The highest BCUT2D eigenvalue weighted by atomic mass is 16.6. The maximum absolute atomic E-state index is 11.9. The van der Waals surface area contributed by atoms with Crippen molar-refractivity contribution < 1.29 is 42.7 Å². The van der Waals surface area contributed by atoms with Crippen molar-refractivity contribution in [1.82, 2.24) is 0 Å². The van der Waals surface area contributed by atoms with Crippen LogP contribution in [-0.2, 0) is 42.7 Å². The molecule has 0 radical (unpaired) electrons. The Hall–Kier alpha value is -1.26. The zero-order valence-corrected chi connectivity index (χ0v) is 15.4. The van der Waals surface area contributed by atoms with E-state index in [0.29, 0.717) is 59.3 Å². The van der Waals surface area contributed by atoms with Gasteiger partial charge in [0.15, 0.2) is 5.92 Å². The number of carbonyl (C=O) groups excluding carboxylic acids is 2. The van der Waals surface area contributed by atoms with Gasteiger partial charge in [-0.2, -0.15) is 0 Å². The van der Waals surface area contributed by atoms with Crippen LogP contribution in [0, 0.1) is 5.92 Å². The lowest BCUT2D eigenvalue weighted by molar-refractivity contribution is -0.164. The highest BCUT2D eigenvalue weighted by Gasteiger charge is 2.27. The molecule has 26 heavy (non-hydrogen) atoms. The first-order valence-corrected chi connectivity index (χ1v) is 8.97. The Labute approximate surface area is 154 Å². The minimum absolute atomic E-state index is 0.0782. The van der Waals surface area contributed by atoms with Gasteiger partial charge in [-0.05, 0) is 6.42 Å². The lowest BCUT2D eigenvalue weighted by Gasteiger charge is -2.14. The molecule has 0 saturated carbocycles. The average Bonchev–Trinajstić information content (AvgIpc) is 2.63. The number of cyclic esters (lactones) is 2. The summed E-state index contributed by atoms with van der Waals surface area (Å²) >= 11 is 0. The number of hydrogen-bond donors (Lipinski definition) is 0. The van der Waals surface area contributed by atoms with Gasteiger partial charge in [0.1, 0.15) is 13.2 Å². The van der Waals surface area contributed by atoms with Gasteiger partial charge in [0.25, 0.3) is 0 Å². The molecular formula is C17H30O9. The Kier molecular flexibility index (Phi) is 14.0. The van der Waals surface area contributed by atoms with Crippen molar-refractivity contribution in [3.8, 4) is 0 Å². The van der Waals surface area contributed by atoms with Gasteiger partial charge in [-0.25, -0.2) is 0 Å². The molecule has 0 amide bonds. The van der Waals surface area contributed by atoms with E-state index in [1.54, 1.807) is 6.92 Å². The van der Waals surface area contributed by atoms with Gasteiger partial charge < -0.3 is 33.2 Å². The van der Waals surface area contributed by atoms with Crippen LogP contribution < -0.4 is 0 Å². The standard InChI is InChI=1S/C17H30O9/c1-2-15-16(18)25-13-11-23-9-7-21-5-3-20-4-6-22-8-10-24-12-14-26-17(15)19/h15H,2-14H2,1H3. The molecule has 9 heteroatoms. The number of rotatable bonds is 1. The second kappa shape index (κ2) is 16.0. The predicted molar refractivity (Wildman–Crippen MR) is 89.8 cm³/mol. The van der Waals surface area contributed by atoms with Crippen molar-refractivity contribution in [2.24, 2.45) is 5.92 Å². The molecule has 0 bridgehead atoms. The molecule has 1 aliphatic rings. The van der Waals surface area contributed by atoms with Crippen LogP contribution in [0.2, 0.25) is 0 Å². The molecule has 0 aliphatic carbocycles. The Morgan fingerprint density at radius 1 is 0.577 bits per heavy atom. The van der Waals surface area contributed by atoms with E-state index in [2.05, 4.69) is 0 Å². The van der Waals surface area contributed by atoms with E-state index in [4.69, 9.17) is 33.2 Å². The largest absolute Gasteiger partial charge is 0.463 e. The molecule has 1 heterocycles. The molecule has 1 saturated heterocycles. The van der Waals surface area contributed by atoms with E-state index in [1.807, 2.05) is 0 Å². The Morgan fingerprint density at radius 2 is 0.846 bits per heavy atom. The summed E-state index contributed by atoms with van der Waals surface area (Å²) in [6, 6.07) is 0. The quantitative estimate of drug-likeness (QED) is 0.468. The fourth-order valence-corrected chi connectivity index (χ4v) is 2.01. The average molecular weight is 378 g/mol. The minimum Gasteiger partial charge on any atom is -0.463 e. The van der Waals surface area contributed by atoms with Crippen molar-refractivity contribution >= 4 is 11.9 Å². The van der Waals surface area contributed by atoms with Crippen LogP contribution in [0.4, 0.5) is 0 Å². The van der Waals surface area contributed by atoms with Gasteiger partial charge in [0, 0.05) is 0 Å². The molecular weight excluding hydrogens is 348 g/mol. The predicted octanol–water partition coefficient (Wildman–Crippen LogP) is 0.196. The lowest BCUT2D eigenvalue weighted by Crippen LogP contribution is -2.29. The van der Waals surface area contributed by atoms with Crippen molar-refractivity contribution in [2.45, 2.75) is 13.3 Å². The monoisotopic (exact) mass is 378 g/mol. The van der Waals surface area contributed by atoms with Gasteiger partial charge in [-0.15, -0.1) is 0 Å². The molecule has 1 rings (SSSR count). The van der Waals surface area contributed by atoms with Crippen molar-refractivity contribution in [2.75, 3.05) is 79.3 Å². The summed E-state index contributed by atoms with van der Waals surface area (Å²) in [7, 11) is 0. The molecule has 0 aromatic heterocycles. The molecule has 9 nitrogen and oxygen atoms in total. The van der Waals surface area contributed by atoms with Gasteiger partial charge in [-0.3, -0.25) is 9.59 Å². The number of carbonyl (C=O) groups is 2. The Balaban J connectivity index is 2.33. The molecule has 0 aromatic carbocycles. The zero-order valence-electron chi connectivity index (χ0n) is 15.4. The molecule has 0 N–H and O–H groups in total. The van der Waals surface area contributed by atoms with Gasteiger partial charge in [-0.1, -0.05) is 6.92 Å². The maximum atomic E-state index is 11.9. The molecule has 1 aliphatic heterocycles. The summed E-state index contributed by atoms with van der Waals surface area (Å²) in [5.74, 6) is -2.14. The molecule has 1 fully saturated rings. The highest BCUT2D eigenvalue weighted by molar-refractivity contribution is 5.94. The third kappa shape index (κ3) is 11.4. The zero-order chi connectivity index (χ0) is 18.9. The highest BCUT2D eigenvalue weighted by Crippen LogP contribution is 2.08. The van der Waals surface area contributed by atoms with Crippen LogP contribution >= 0.6 is 0 Å². The van der Waals surface area contributed by atoms with Crippen molar-refractivity contribution in [1.29, 1.82) is 0 Å². The summed E-state index contributed by atoms with van der Waals surface area (Å²) in [4.78, 5) is 23.9. The van der Waals surface area contributed by atoms with E-state index < -0.39 is 17.9 Å². The van der Waals surface area contributed by atoms with Gasteiger partial charge in [0.2, 0.25) is 0 Å². The molecule has 0 spiro atoms. The topological polar surface area (TPSA) is 98.8 Å². The van der Waals surface area contributed by atoms with Crippen molar-refractivity contribution in [3.05, 3.63) is 0 Å². The van der Waals surface area contributed by atoms with Crippen LogP contribution in [0.5, 0.6) is 0 Å². The van der Waals surface area contributed by atoms with E-state index >= 15 is 0 Å². The van der Waals surface area contributed by atoms with E-state index in [1.165, 1.54) is 0 Å². The van der Waals surface area contributed by atoms with Gasteiger partial charge >= 0.3 is 11.9 Å². The van der Waals surface area contributed by atoms with E-state index in [0.717, 1.165) is 0 Å². The maximum Gasteiger partial charge on any atom is 0.320 e. The third-order valence-corrected chi connectivity index (χ3v) is 3.41. The first-order valence-electron chi connectivity index (χ1n) is 8.97. The van der Waals surface area contributed by atoms with Crippen LogP contribution in [0.3, 0.4) is 0 Å². The van der Waals surface area contributed by atoms with Crippen molar-refractivity contribution in [3.63, 3.8) is 0 Å². The Morgan fingerprint density at radius 3 is 1.12 bits per heavy atom. The first-order chi connectivity index (χ1) is 12.8. The lowest BCUT2D eigenvalue weighted by atomic mass is 10.1. The molecule has 0 atom stereocenters. The summed E-state index contributed by atoms with van der Waals surface area (Å²) in [6.45, 7) is 5.91. The summed E-state index contributed by atoms with van der Waals surface area (Å²) in [5.41, 5.74) is 0. The fourth-order valence-electron chi connectivity index (χ4n) is 2.01. The normalized spacial score (nSPS) is 22.5. The summed E-state index contributed by atoms with van der Waals surface area (Å²) in [5, 5.41) is 0. The molecule has 0 unspecified atom stereocenters. The Bertz CT molecular complexity index is 343. The number of hydrogen-bond acceptors (Lipinski definition) is 9. The van der Waals surface area contributed by atoms with Gasteiger partial charge in [0.05, 0.1) is 66.1 Å². The van der Waals surface area contributed by atoms with Crippen LogP contribution in [0.1, 0.15) is 13.3 Å². The van der Waals surface area contributed by atoms with Crippen LogP contribution in [0.15, 0.2) is 0 Å². The molecule has 0 aromatic rings. The fraction of sp³-hybridized carbons (Fsp3) is 0.882. The minimum atomic E-state index is -0.931. The van der Waals surface area contributed by atoms with E-state index in [-0.39, 0.29) is 26.4 Å². The number of ether oxygens (including phenoxy) is 7. The third-order valence-electron chi connectivity index (χ3n) is 3.41. The smallest absolute Gasteiger partial charge is 0.320 e. The van der Waals surface area contributed by atoms with Crippen LogP contribution in [-0.4, -0.2) is 91.2 Å². The first kappa shape index (κ1) is 22.8. The van der Waals surface area contributed by atoms with Crippen LogP contribution in [0.25, 0.3) is 0 Å². The summed E-state index contributed by atoms with van der Waals surface area (Å²) in [6.07, 6.45) is 0.309.